The monoisotopic (exact) mass is 404 g/mol. The number of halogens is 3. The predicted octanol–water partition coefficient (Wildman–Crippen LogP) is 0.399. The lowest BCUT2D eigenvalue weighted by Crippen LogP contribution is -2.38. The van der Waals surface area contributed by atoms with Gasteiger partial charge in [0.05, 0.1) is 18.4 Å². The Labute approximate surface area is 144 Å². The van der Waals surface area contributed by atoms with Crippen molar-refractivity contribution in [1.29, 1.82) is 0 Å². The first-order valence-corrected chi connectivity index (χ1v) is 10.5. The molecule has 0 saturated carbocycles. The molecule has 25 heavy (non-hydrogen) atoms. The van der Waals surface area contributed by atoms with Gasteiger partial charge in [-0.25, -0.2) is 21.1 Å². The maximum atomic E-state index is 12.5. The molecule has 1 saturated heterocycles. The molecular weight excluding hydrogens is 385 g/mol. The maximum Gasteiger partial charge on any atom is 0.390 e. The van der Waals surface area contributed by atoms with Crippen LogP contribution in [0.3, 0.4) is 0 Å². The Morgan fingerprint density at radius 2 is 1.68 bits per heavy atom. The summed E-state index contributed by atoms with van der Waals surface area (Å²) in [5, 5.41) is 3.80. The van der Waals surface area contributed by atoms with Gasteiger partial charge in [-0.05, 0) is 6.42 Å². The zero-order valence-corrected chi connectivity index (χ0v) is 15.1. The number of hydrogen-bond donors (Lipinski definition) is 0. The van der Waals surface area contributed by atoms with E-state index < -0.39 is 38.4 Å². The highest BCUT2D eigenvalue weighted by Crippen LogP contribution is 2.22. The number of aryl methyl sites for hydroxylation is 1. The minimum atomic E-state index is -4.56. The fraction of sp³-hybridized carbons (Fsp3) is 0.750. The quantitative estimate of drug-likeness (QED) is 0.708. The van der Waals surface area contributed by atoms with Crippen molar-refractivity contribution in [3.05, 3.63) is 12.4 Å². The van der Waals surface area contributed by atoms with E-state index in [9.17, 15) is 30.0 Å². The Kier molecular flexibility index (Phi) is 5.81. The van der Waals surface area contributed by atoms with Gasteiger partial charge < -0.3 is 0 Å². The molecule has 1 aromatic heterocycles. The van der Waals surface area contributed by atoms with Gasteiger partial charge >= 0.3 is 6.18 Å². The lowest BCUT2D eigenvalue weighted by Gasteiger charge is -2.21. The molecule has 0 atom stereocenters. The summed E-state index contributed by atoms with van der Waals surface area (Å²) in [5.41, 5.74) is 0. The van der Waals surface area contributed by atoms with Crippen molar-refractivity contribution in [1.82, 2.24) is 18.4 Å². The molecule has 0 aromatic carbocycles. The van der Waals surface area contributed by atoms with Crippen LogP contribution in [0.1, 0.15) is 12.8 Å². The van der Waals surface area contributed by atoms with Crippen molar-refractivity contribution < 1.29 is 30.0 Å². The molecule has 2 heterocycles. The van der Waals surface area contributed by atoms with E-state index in [1.54, 1.807) is 7.05 Å². The highest BCUT2D eigenvalue weighted by atomic mass is 32.2. The van der Waals surface area contributed by atoms with Crippen LogP contribution in [-0.4, -0.2) is 73.3 Å². The summed E-state index contributed by atoms with van der Waals surface area (Å²) in [5.74, 6) is -1.04. The Hall–Kier alpha value is -1.18. The Morgan fingerprint density at radius 3 is 2.24 bits per heavy atom. The molecule has 2 rings (SSSR count). The van der Waals surface area contributed by atoms with E-state index in [4.69, 9.17) is 0 Å². The van der Waals surface area contributed by atoms with Crippen molar-refractivity contribution in [2.24, 2.45) is 7.05 Å². The summed E-state index contributed by atoms with van der Waals surface area (Å²) in [7, 11) is -6.35. The number of nitrogens with zero attached hydrogens (tertiary/aromatic N) is 4. The Bertz CT molecular complexity index is 805. The summed E-state index contributed by atoms with van der Waals surface area (Å²) in [6.07, 6.45) is -3.26. The average molecular weight is 404 g/mol. The third-order valence-corrected chi connectivity index (χ3v) is 7.49. The Morgan fingerprint density at radius 1 is 1.08 bits per heavy atom. The van der Waals surface area contributed by atoms with Crippen molar-refractivity contribution in [2.45, 2.75) is 23.9 Å². The SMILES string of the molecule is Cn1cc(S(=O)(=O)N2CCCN(S(=O)(=O)CCC(F)(F)F)CC2)cn1. The third kappa shape index (κ3) is 5.15. The number of aromatic nitrogens is 2. The zero-order chi connectivity index (χ0) is 18.9. The van der Waals surface area contributed by atoms with Gasteiger partial charge in [0.1, 0.15) is 4.90 Å². The van der Waals surface area contributed by atoms with Gasteiger partial charge in [-0.15, -0.1) is 0 Å². The molecule has 1 aromatic rings. The Balaban J connectivity index is 2.07. The van der Waals surface area contributed by atoms with Crippen LogP contribution in [0.15, 0.2) is 17.3 Å². The highest BCUT2D eigenvalue weighted by Gasteiger charge is 2.34. The van der Waals surface area contributed by atoms with Gasteiger partial charge in [0, 0.05) is 39.4 Å². The van der Waals surface area contributed by atoms with Gasteiger partial charge in [0.2, 0.25) is 20.0 Å². The van der Waals surface area contributed by atoms with Crippen LogP contribution in [0.4, 0.5) is 13.2 Å². The first-order chi connectivity index (χ1) is 11.4. The molecule has 144 valence electrons. The smallest absolute Gasteiger partial charge is 0.274 e. The molecule has 1 aliphatic rings. The third-order valence-electron chi connectivity index (χ3n) is 3.77. The molecule has 1 aliphatic heterocycles. The summed E-state index contributed by atoms with van der Waals surface area (Å²) >= 11 is 0. The van der Waals surface area contributed by atoms with E-state index in [0.717, 1.165) is 8.61 Å². The van der Waals surface area contributed by atoms with E-state index in [0.29, 0.717) is 0 Å². The predicted molar refractivity (Wildman–Crippen MR) is 82.6 cm³/mol. The summed E-state index contributed by atoms with van der Waals surface area (Å²) < 4.78 is 89.3. The largest absolute Gasteiger partial charge is 0.390 e. The molecule has 8 nitrogen and oxygen atoms in total. The van der Waals surface area contributed by atoms with E-state index in [1.165, 1.54) is 17.1 Å². The number of rotatable bonds is 5. The molecular formula is C12H19F3N4O4S2. The van der Waals surface area contributed by atoms with Crippen LogP contribution in [0.5, 0.6) is 0 Å². The minimum Gasteiger partial charge on any atom is -0.274 e. The maximum absolute atomic E-state index is 12.5. The molecule has 0 amide bonds. The fourth-order valence-corrected chi connectivity index (χ4v) is 5.41. The van der Waals surface area contributed by atoms with Crippen molar-refractivity contribution in [3.63, 3.8) is 0 Å². The lowest BCUT2D eigenvalue weighted by atomic mass is 10.4. The molecule has 0 aliphatic carbocycles. The van der Waals surface area contributed by atoms with Gasteiger partial charge in [0.25, 0.3) is 0 Å². The van der Waals surface area contributed by atoms with E-state index in [2.05, 4.69) is 5.10 Å². The number of sulfonamides is 2. The van der Waals surface area contributed by atoms with Crippen LogP contribution in [-0.2, 0) is 27.1 Å². The van der Waals surface area contributed by atoms with E-state index in [-0.39, 0.29) is 37.5 Å². The second-order valence-electron chi connectivity index (χ2n) is 5.69. The molecule has 0 spiro atoms. The minimum absolute atomic E-state index is 0.0108. The molecule has 0 radical (unpaired) electrons. The standard InChI is InChI=1S/C12H19F3N4O4S2/c1-17-10-11(9-16-17)25(22,23)19-5-2-4-18(6-7-19)24(20,21)8-3-12(13,14)15/h9-10H,2-8H2,1H3. The first kappa shape index (κ1) is 20.1. The van der Waals surface area contributed by atoms with Crippen LogP contribution in [0.2, 0.25) is 0 Å². The van der Waals surface area contributed by atoms with E-state index in [1.807, 2.05) is 0 Å². The van der Waals surface area contributed by atoms with Gasteiger partial charge in [-0.3, -0.25) is 4.68 Å². The van der Waals surface area contributed by atoms with Crippen molar-refractivity contribution in [2.75, 3.05) is 31.9 Å². The fourth-order valence-electron chi connectivity index (χ4n) is 2.44. The molecule has 0 N–H and O–H groups in total. The molecule has 13 heteroatoms. The summed E-state index contributed by atoms with van der Waals surface area (Å²) in [4.78, 5) is -0.0108. The van der Waals surface area contributed by atoms with E-state index >= 15 is 0 Å². The van der Waals surface area contributed by atoms with Crippen molar-refractivity contribution >= 4 is 20.0 Å². The van der Waals surface area contributed by atoms with Crippen LogP contribution < -0.4 is 0 Å². The van der Waals surface area contributed by atoms with Crippen molar-refractivity contribution in [3.8, 4) is 0 Å². The number of hydrogen-bond acceptors (Lipinski definition) is 5. The molecule has 0 unspecified atom stereocenters. The second-order valence-corrected chi connectivity index (χ2v) is 9.71. The number of alkyl halides is 3. The zero-order valence-electron chi connectivity index (χ0n) is 13.5. The highest BCUT2D eigenvalue weighted by molar-refractivity contribution is 7.89. The van der Waals surface area contributed by atoms with Gasteiger partial charge in [-0.1, -0.05) is 0 Å². The average Bonchev–Trinajstić information content (AvgIpc) is 2.78. The van der Waals surface area contributed by atoms with Crippen LogP contribution >= 0.6 is 0 Å². The normalized spacial score (nSPS) is 19.0. The molecule has 1 fully saturated rings. The van der Waals surface area contributed by atoms with Gasteiger partial charge in [0.15, 0.2) is 0 Å². The van der Waals surface area contributed by atoms with Crippen LogP contribution in [0.25, 0.3) is 0 Å². The lowest BCUT2D eigenvalue weighted by molar-refractivity contribution is -0.130. The van der Waals surface area contributed by atoms with Crippen LogP contribution in [0, 0.1) is 0 Å². The second kappa shape index (κ2) is 7.21. The summed E-state index contributed by atoms with van der Waals surface area (Å²) in [6.45, 7) is -0.232. The first-order valence-electron chi connectivity index (χ1n) is 7.45. The van der Waals surface area contributed by atoms with Gasteiger partial charge in [-0.2, -0.15) is 22.6 Å². The molecule has 0 bridgehead atoms. The topological polar surface area (TPSA) is 92.6 Å². The summed E-state index contributed by atoms with van der Waals surface area (Å²) in [6, 6.07) is 0.